The van der Waals surface area contributed by atoms with Crippen molar-refractivity contribution in [1.29, 1.82) is 0 Å². The van der Waals surface area contributed by atoms with E-state index >= 15 is 0 Å². The van der Waals surface area contributed by atoms with Gasteiger partial charge < -0.3 is 10.2 Å². The normalized spacial score (nSPS) is 26.0. The first kappa shape index (κ1) is 11.9. The predicted octanol–water partition coefficient (Wildman–Crippen LogP) is 2.32. The number of nitrogens with zero attached hydrogens (tertiary/aromatic N) is 2. The molecule has 0 amide bonds. The Morgan fingerprint density at radius 2 is 2.39 bits per heavy atom. The molecule has 2 fully saturated rings. The molecule has 1 aliphatic carbocycles. The average molecular weight is 249 g/mol. The lowest BCUT2D eigenvalue weighted by Gasteiger charge is -2.29. The zero-order chi connectivity index (χ0) is 12.5. The molecule has 0 radical (unpaired) electrons. The average Bonchev–Trinajstić information content (AvgIpc) is 2.98. The Morgan fingerprint density at radius 3 is 3.06 bits per heavy atom. The number of fused-ring (bicyclic) bond motifs is 2. The van der Waals surface area contributed by atoms with E-state index in [2.05, 4.69) is 22.1 Å². The van der Waals surface area contributed by atoms with Gasteiger partial charge in [-0.2, -0.15) is 0 Å². The second kappa shape index (κ2) is 4.84. The molecule has 2 bridgehead atoms. The summed E-state index contributed by atoms with van der Waals surface area (Å²) in [7, 11) is 0. The van der Waals surface area contributed by atoms with Crippen molar-refractivity contribution in [3.05, 3.63) is 23.6 Å². The Bertz CT molecular complexity index is 435. The highest BCUT2D eigenvalue weighted by Gasteiger charge is 2.39. The fourth-order valence-electron chi connectivity index (χ4n) is 3.31. The van der Waals surface area contributed by atoms with E-state index in [0.717, 1.165) is 30.4 Å². The van der Waals surface area contributed by atoms with Crippen LogP contribution in [0.15, 0.2) is 12.3 Å². The summed E-state index contributed by atoms with van der Waals surface area (Å²) in [4.78, 5) is 6.73. The Morgan fingerprint density at radius 1 is 1.50 bits per heavy atom. The molecule has 1 aromatic heterocycles. The minimum atomic E-state index is -0.240. The topological polar surface area (TPSA) is 28.2 Å². The van der Waals surface area contributed by atoms with Crippen LogP contribution in [0.3, 0.4) is 0 Å². The van der Waals surface area contributed by atoms with Crippen LogP contribution in [0.2, 0.25) is 0 Å². The molecular weight excluding hydrogens is 229 g/mol. The number of halogens is 1. The Kier molecular flexibility index (Phi) is 3.20. The number of pyridine rings is 1. The number of aromatic nitrogens is 1. The van der Waals surface area contributed by atoms with E-state index in [0.29, 0.717) is 12.6 Å². The van der Waals surface area contributed by atoms with Gasteiger partial charge in [0.15, 0.2) is 0 Å². The van der Waals surface area contributed by atoms with Crippen LogP contribution in [-0.4, -0.2) is 24.1 Å². The maximum Gasteiger partial charge on any atom is 0.141 e. The summed E-state index contributed by atoms with van der Waals surface area (Å²) in [6.45, 7) is 4.75. The molecule has 3 rings (SSSR count). The molecule has 98 valence electrons. The van der Waals surface area contributed by atoms with Gasteiger partial charge in [-0.3, -0.25) is 0 Å². The quantitative estimate of drug-likeness (QED) is 0.887. The van der Waals surface area contributed by atoms with Crippen LogP contribution in [0, 0.1) is 11.7 Å². The van der Waals surface area contributed by atoms with Gasteiger partial charge in [0.1, 0.15) is 11.6 Å². The molecular formula is C14H20FN3. The van der Waals surface area contributed by atoms with E-state index < -0.39 is 0 Å². The third kappa shape index (κ3) is 2.09. The highest BCUT2D eigenvalue weighted by atomic mass is 19.1. The van der Waals surface area contributed by atoms with E-state index in [9.17, 15) is 4.39 Å². The maximum absolute atomic E-state index is 13.3. The fraction of sp³-hybridized carbons (Fsp3) is 0.643. The van der Waals surface area contributed by atoms with Gasteiger partial charge in [-0.25, -0.2) is 9.37 Å². The van der Waals surface area contributed by atoms with E-state index in [-0.39, 0.29) is 5.82 Å². The van der Waals surface area contributed by atoms with Crippen molar-refractivity contribution in [1.82, 2.24) is 10.3 Å². The van der Waals surface area contributed by atoms with Gasteiger partial charge in [-0.15, -0.1) is 0 Å². The maximum atomic E-state index is 13.3. The van der Waals surface area contributed by atoms with Crippen LogP contribution in [0.5, 0.6) is 0 Å². The van der Waals surface area contributed by atoms with Gasteiger partial charge in [0.05, 0.1) is 6.20 Å². The Labute approximate surface area is 107 Å². The number of hydrogen-bond donors (Lipinski definition) is 1. The summed E-state index contributed by atoms with van der Waals surface area (Å²) in [5.41, 5.74) is 0.990. The smallest absolute Gasteiger partial charge is 0.141 e. The zero-order valence-corrected chi connectivity index (χ0v) is 10.8. The van der Waals surface area contributed by atoms with Gasteiger partial charge in [0.2, 0.25) is 0 Å². The number of rotatable bonds is 4. The Hall–Kier alpha value is -1.16. The number of hydrogen-bond acceptors (Lipinski definition) is 3. The number of nitrogens with one attached hydrogen (secondary N) is 1. The van der Waals surface area contributed by atoms with Crippen molar-refractivity contribution in [2.45, 2.75) is 38.8 Å². The molecule has 0 aromatic carbocycles. The SMILES string of the molecule is CCNCc1cc(F)cnc1N1CC2CCC1C2. The Balaban J connectivity index is 1.86. The first-order chi connectivity index (χ1) is 8.78. The second-order valence-electron chi connectivity index (χ2n) is 5.40. The molecule has 4 heteroatoms. The monoisotopic (exact) mass is 249 g/mol. The molecule has 2 aliphatic rings. The van der Waals surface area contributed by atoms with Crippen LogP contribution >= 0.6 is 0 Å². The van der Waals surface area contributed by atoms with Gasteiger partial charge in [-0.1, -0.05) is 6.92 Å². The molecule has 18 heavy (non-hydrogen) atoms. The lowest BCUT2D eigenvalue weighted by Crippen LogP contribution is -2.34. The first-order valence-electron chi connectivity index (χ1n) is 6.89. The van der Waals surface area contributed by atoms with Crippen LogP contribution in [-0.2, 0) is 6.54 Å². The molecule has 1 aromatic rings. The van der Waals surface area contributed by atoms with Gasteiger partial charge in [0.25, 0.3) is 0 Å². The van der Waals surface area contributed by atoms with Crippen LogP contribution in [0.4, 0.5) is 10.2 Å². The lowest BCUT2D eigenvalue weighted by molar-refractivity contribution is 0.545. The molecule has 1 N–H and O–H groups in total. The van der Waals surface area contributed by atoms with E-state index in [4.69, 9.17) is 0 Å². The summed E-state index contributed by atoms with van der Waals surface area (Å²) in [5, 5.41) is 3.27. The summed E-state index contributed by atoms with van der Waals surface area (Å²) in [6, 6.07) is 2.25. The molecule has 2 unspecified atom stereocenters. The summed E-state index contributed by atoms with van der Waals surface area (Å²) < 4.78 is 13.3. The number of piperidine rings is 1. The minimum Gasteiger partial charge on any atom is -0.353 e. The molecule has 1 saturated carbocycles. The van der Waals surface area contributed by atoms with Crippen LogP contribution in [0.1, 0.15) is 31.7 Å². The summed E-state index contributed by atoms with van der Waals surface area (Å²) in [5.74, 6) is 1.58. The van der Waals surface area contributed by atoms with E-state index in [1.165, 1.54) is 25.5 Å². The summed E-state index contributed by atoms with van der Waals surface area (Å²) in [6.07, 6.45) is 5.26. The standard InChI is InChI=1S/C14H20FN3/c1-2-16-7-11-6-12(15)8-17-14(11)18-9-10-3-4-13(18)5-10/h6,8,10,13,16H,2-5,7,9H2,1H3. The van der Waals surface area contributed by atoms with Crippen molar-refractivity contribution >= 4 is 5.82 Å². The van der Waals surface area contributed by atoms with Crippen molar-refractivity contribution < 1.29 is 4.39 Å². The van der Waals surface area contributed by atoms with Crippen molar-refractivity contribution in [2.75, 3.05) is 18.0 Å². The van der Waals surface area contributed by atoms with Crippen molar-refractivity contribution in [3.63, 3.8) is 0 Å². The molecule has 1 aliphatic heterocycles. The van der Waals surface area contributed by atoms with E-state index in [1.54, 1.807) is 6.07 Å². The third-order valence-corrected chi connectivity index (χ3v) is 4.16. The highest BCUT2D eigenvalue weighted by Crippen LogP contribution is 2.40. The third-order valence-electron chi connectivity index (χ3n) is 4.16. The lowest BCUT2D eigenvalue weighted by atomic mass is 10.1. The first-order valence-corrected chi connectivity index (χ1v) is 6.89. The van der Waals surface area contributed by atoms with Crippen LogP contribution < -0.4 is 10.2 Å². The van der Waals surface area contributed by atoms with Crippen molar-refractivity contribution in [3.8, 4) is 0 Å². The molecule has 0 spiro atoms. The largest absolute Gasteiger partial charge is 0.353 e. The van der Waals surface area contributed by atoms with Crippen LogP contribution in [0.25, 0.3) is 0 Å². The minimum absolute atomic E-state index is 0.240. The van der Waals surface area contributed by atoms with Gasteiger partial charge in [0, 0.05) is 24.7 Å². The zero-order valence-electron chi connectivity index (χ0n) is 10.8. The van der Waals surface area contributed by atoms with E-state index in [1.807, 2.05) is 0 Å². The summed E-state index contributed by atoms with van der Waals surface area (Å²) >= 11 is 0. The molecule has 2 heterocycles. The van der Waals surface area contributed by atoms with Crippen molar-refractivity contribution in [2.24, 2.45) is 5.92 Å². The predicted molar refractivity (Wildman–Crippen MR) is 70.1 cm³/mol. The molecule has 2 atom stereocenters. The molecule has 3 nitrogen and oxygen atoms in total. The highest BCUT2D eigenvalue weighted by molar-refractivity contribution is 5.49. The fourth-order valence-corrected chi connectivity index (χ4v) is 3.31. The molecule has 1 saturated heterocycles. The number of anilines is 1. The van der Waals surface area contributed by atoms with Gasteiger partial charge in [-0.05, 0) is 37.8 Å². The second-order valence-corrected chi connectivity index (χ2v) is 5.40. The van der Waals surface area contributed by atoms with Gasteiger partial charge >= 0.3 is 0 Å².